The van der Waals surface area contributed by atoms with E-state index in [4.69, 9.17) is 4.74 Å². The minimum atomic E-state index is 0.163. The third kappa shape index (κ3) is 5.65. The van der Waals surface area contributed by atoms with Crippen molar-refractivity contribution in [1.82, 2.24) is 9.88 Å². The molecule has 1 saturated heterocycles. The maximum Gasteiger partial charge on any atom is 0.157 e. The molecule has 2 aliphatic rings. The van der Waals surface area contributed by atoms with Gasteiger partial charge in [0.25, 0.3) is 0 Å². The number of aliphatic hydroxyl groups excluding tert-OH is 1. The number of aromatic hydroxyl groups is 1. The Morgan fingerprint density at radius 2 is 1.97 bits per heavy atom. The number of hydrogen-bond acceptors (Lipinski definition) is 6. The summed E-state index contributed by atoms with van der Waals surface area (Å²) in [5.74, 6) is 2.40. The van der Waals surface area contributed by atoms with E-state index in [9.17, 15) is 10.2 Å². The molecule has 1 unspecified atom stereocenters. The average molecular weight is 442 g/mol. The van der Waals surface area contributed by atoms with Crippen LogP contribution < -0.4 is 10.1 Å². The van der Waals surface area contributed by atoms with Crippen LogP contribution in [0.15, 0.2) is 24.4 Å². The highest BCUT2D eigenvalue weighted by Crippen LogP contribution is 2.34. The highest BCUT2D eigenvalue weighted by Gasteiger charge is 2.28. The molecule has 2 heterocycles. The molecular formula is C26H39N3O3. The van der Waals surface area contributed by atoms with E-state index in [1.165, 1.54) is 51.1 Å². The van der Waals surface area contributed by atoms with E-state index < -0.39 is 0 Å². The molecule has 2 atom stereocenters. The molecule has 0 amide bonds. The molecule has 1 aliphatic carbocycles. The zero-order chi connectivity index (χ0) is 22.3. The summed E-state index contributed by atoms with van der Waals surface area (Å²) < 4.78 is 5.34. The normalized spacial score (nSPS) is 22.8. The standard InChI is InChI=1S/C26H39N3O3/c1-32-22-7-8-24-23(16-22)26(25(31)17-28-24)27-12-9-20-11-14-29(21(15-20)18-30)13-10-19-5-3-2-4-6-19/h7-8,16-17,19-21,30-31H,2-6,9-15,18H2,1H3,(H,27,28)/t20?,21-/m0/s1. The molecule has 1 aromatic heterocycles. The number of ether oxygens (including phenoxy) is 1. The molecule has 1 aliphatic heterocycles. The molecule has 0 spiro atoms. The monoisotopic (exact) mass is 441 g/mol. The number of nitrogens with one attached hydrogen (secondary N) is 1. The van der Waals surface area contributed by atoms with Crippen molar-refractivity contribution in [2.75, 3.05) is 38.7 Å². The van der Waals surface area contributed by atoms with Crippen molar-refractivity contribution in [1.29, 1.82) is 0 Å². The summed E-state index contributed by atoms with van der Waals surface area (Å²) >= 11 is 0. The van der Waals surface area contributed by atoms with Gasteiger partial charge in [0.2, 0.25) is 0 Å². The molecule has 1 saturated carbocycles. The molecule has 0 radical (unpaired) electrons. The summed E-state index contributed by atoms with van der Waals surface area (Å²) in [7, 11) is 1.64. The topological polar surface area (TPSA) is 77.9 Å². The van der Waals surface area contributed by atoms with Crippen molar-refractivity contribution in [2.45, 2.75) is 63.8 Å². The predicted octanol–water partition coefficient (Wildman–Crippen LogP) is 4.79. The highest BCUT2D eigenvalue weighted by molar-refractivity contribution is 5.95. The van der Waals surface area contributed by atoms with Crippen molar-refractivity contribution in [3.63, 3.8) is 0 Å². The number of piperidine rings is 1. The summed E-state index contributed by atoms with van der Waals surface area (Å²) in [6, 6.07) is 5.99. The third-order valence-electron chi connectivity index (χ3n) is 7.62. The van der Waals surface area contributed by atoms with E-state index in [1.807, 2.05) is 18.2 Å². The predicted molar refractivity (Wildman–Crippen MR) is 129 cm³/mol. The van der Waals surface area contributed by atoms with E-state index in [0.29, 0.717) is 5.92 Å². The third-order valence-corrected chi connectivity index (χ3v) is 7.62. The van der Waals surface area contributed by atoms with Crippen LogP contribution in [0.25, 0.3) is 10.9 Å². The van der Waals surface area contributed by atoms with Crippen molar-refractivity contribution < 1.29 is 14.9 Å². The molecule has 3 N–H and O–H groups in total. The Balaban J connectivity index is 1.29. The number of fused-ring (bicyclic) bond motifs is 1. The minimum absolute atomic E-state index is 0.163. The minimum Gasteiger partial charge on any atom is -0.504 e. The molecule has 32 heavy (non-hydrogen) atoms. The van der Waals surface area contributed by atoms with Gasteiger partial charge in [-0.25, -0.2) is 0 Å². The first-order valence-electron chi connectivity index (χ1n) is 12.4. The Hall–Kier alpha value is -2.05. The lowest BCUT2D eigenvalue weighted by molar-refractivity contribution is 0.0577. The average Bonchev–Trinajstić information content (AvgIpc) is 2.84. The molecule has 6 heteroatoms. The second-order valence-corrected chi connectivity index (χ2v) is 9.67. The molecule has 4 rings (SSSR count). The highest BCUT2D eigenvalue weighted by atomic mass is 16.5. The second kappa shape index (κ2) is 11.2. The first-order valence-corrected chi connectivity index (χ1v) is 12.4. The van der Waals surface area contributed by atoms with Crippen LogP contribution in [0.3, 0.4) is 0 Å². The lowest BCUT2D eigenvalue weighted by Crippen LogP contribution is -2.45. The Kier molecular flexibility index (Phi) is 8.09. The number of aliphatic hydroxyl groups is 1. The molecule has 6 nitrogen and oxygen atoms in total. The first-order chi connectivity index (χ1) is 15.7. The molecule has 2 aromatic rings. The largest absolute Gasteiger partial charge is 0.504 e. The number of aromatic nitrogens is 1. The van der Waals surface area contributed by atoms with Crippen molar-refractivity contribution in [3.8, 4) is 11.5 Å². The molecular weight excluding hydrogens is 402 g/mol. The summed E-state index contributed by atoms with van der Waals surface area (Å²) in [6.07, 6.45) is 13.1. The molecule has 176 valence electrons. The number of rotatable bonds is 9. The van der Waals surface area contributed by atoms with Gasteiger partial charge < -0.3 is 20.3 Å². The summed E-state index contributed by atoms with van der Waals surface area (Å²) in [5.41, 5.74) is 1.55. The van der Waals surface area contributed by atoms with Crippen molar-refractivity contribution in [2.24, 2.45) is 11.8 Å². The van der Waals surface area contributed by atoms with Crippen LogP contribution in [-0.4, -0.2) is 59.5 Å². The Morgan fingerprint density at radius 1 is 1.12 bits per heavy atom. The van der Waals surface area contributed by atoms with Gasteiger partial charge in [0.15, 0.2) is 5.75 Å². The Bertz CT molecular complexity index is 869. The van der Waals surface area contributed by atoms with E-state index in [1.54, 1.807) is 7.11 Å². The first kappa shape index (κ1) is 23.1. The van der Waals surface area contributed by atoms with Gasteiger partial charge in [0, 0.05) is 18.0 Å². The lowest BCUT2D eigenvalue weighted by atomic mass is 9.85. The van der Waals surface area contributed by atoms with E-state index >= 15 is 0 Å². The lowest BCUT2D eigenvalue weighted by Gasteiger charge is -2.39. The van der Waals surface area contributed by atoms with Gasteiger partial charge in [-0.3, -0.25) is 9.88 Å². The number of benzene rings is 1. The van der Waals surface area contributed by atoms with Gasteiger partial charge in [-0.2, -0.15) is 0 Å². The van der Waals surface area contributed by atoms with Gasteiger partial charge in [-0.05, 0) is 68.8 Å². The smallest absolute Gasteiger partial charge is 0.157 e. The van der Waals surface area contributed by atoms with Crippen LogP contribution in [0.1, 0.15) is 57.8 Å². The number of hydrogen-bond donors (Lipinski definition) is 3. The van der Waals surface area contributed by atoms with E-state index in [-0.39, 0.29) is 18.4 Å². The molecule has 1 aromatic carbocycles. The van der Waals surface area contributed by atoms with Gasteiger partial charge in [0.05, 0.1) is 31.1 Å². The molecule has 0 bridgehead atoms. The van der Waals surface area contributed by atoms with Gasteiger partial charge >= 0.3 is 0 Å². The zero-order valence-corrected chi connectivity index (χ0v) is 19.4. The van der Waals surface area contributed by atoms with Crippen LogP contribution in [0.4, 0.5) is 5.69 Å². The van der Waals surface area contributed by atoms with Crippen LogP contribution in [-0.2, 0) is 0 Å². The number of nitrogens with zero attached hydrogens (tertiary/aromatic N) is 2. The van der Waals surface area contributed by atoms with Crippen molar-refractivity contribution >= 4 is 16.6 Å². The second-order valence-electron chi connectivity index (χ2n) is 9.67. The zero-order valence-electron chi connectivity index (χ0n) is 19.4. The van der Waals surface area contributed by atoms with Gasteiger partial charge in [-0.15, -0.1) is 0 Å². The molecule has 2 fully saturated rings. The van der Waals surface area contributed by atoms with Gasteiger partial charge in [0.1, 0.15) is 5.75 Å². The number of methoxy groups -OCH3 is 1. The van der Waals surface area contributed by atoms with Crippen LogP contribution >= 0.6 is 0 Å². The Labute approximate surface area is 192 Å². The summed E-state index contributed by atoms with van der Waals surface area (Å²) in [5, 5.41) is 24.7. The summed E-state index contributed by atoms with van der Waals surface area (Å²) in [6.45, 7) is 3.27. The fourth-order valence-electron chi connectivity index (χ4n) is 5.63. The van der Waals surface area contributed by atoms with Crippen LogP contribution in [0.5, 0.6) is 11.5 Å². The van der Waals surface area contributed by atoms with Crippen LogP contribution in [0.2, 0.25) is 0 Å². The number of pyridine rings is 1. The SMILES string of the molecule is COc1ccc2ncc(O)c(NCCC3CCN(CCC4CCCCC4)[C@H](CO)C3)c2c1. The fourth-order valence-corrected chi connectivity index (χ4v) is 5.63. The maximum atomic E-state index is 10.4. The Morgan fingerprint density at radius 3 is 2.75 bits per heavy atom. The van der Waals surface area contributed by atoms with E-state index in [2.05, 4.69) is 15.2 Å². The number of likely N-dealkylation sites (tertiary alicyclic amines) is 1. The number of anilines is 1. The van der Waals surface area contributed by atoms with Crippen LogP contribution in [0, 0.1) is 11.8 Å². The summed E-state index contributed by atoms with van der Waals surface area (Å²) in [4.78, 5) is 6.85. The quantitative estimate of drug-likeness (QED) is 0.519. The van der Waals surface area contributed by atoms with Gasteiger partial charge in [-0.1, -0.05) is 32.1 Å². The fraction of sp³-hybridized carbons (Fsp3) is 0.654. The maximum absolute atomic E-state index is 10.4. The van der Waals surface area contributed by atoms with E-state index in [0.717, 1.165) is 60.7 Å². The van der Waals surface area contributed by atoms with Crippen molar-refractivity contribution in [3.05, 3.63) is 24.4 Å².